The molecule has 0 N–H and O–H groups in total. The standard InChI is InChI=1S/C17H17FN2O3/c18-12-5-2-1-4-11(12)16-10-13(19-23-16)17(21)20-8-9-22-15-7-3-6-14(15)20/h1-2,4-5,10,14-15H,3,6-9H2/t14-,15-/m0/s1. The Morgan fingerprint density at radius 2 is 2.17 bits per heavy atom. The SMILES string of the molecule is O=C(c1cc(-c2ccccc2F)on1)N1CCO[C@H]2CCC[C@@H]21. The van der Waals surface area contributed by atoms with E-state index in [2.05, 4.69) is 5.16 Å². The Bertz CT molecular complexity index is 730. The molecule has 1 amide bonds. The lowest BCUT2D eigenvalue weighted by Crippen LogP contribution is -2.51. The van der Waals surface area contributed by atoms with E-state index in [9.17, 15) is 9.18 Å². The summed E-state index contributed by atoms with van der Waals surface area (Å²) in [5.41, 5.74) is 0.524. The Morgan fingerprint density at radius 3 is 3.04 bits per heavy atom. The van der Waals surface area contributed by atoms with Crippen LogP contribution in [0.15, 0.2) is 34.9 Å². The second-order valence-corrected chi connectivity index (χ2v) is 5.96. The van der Waals surface area contributed by atoms with Crippen molar-refractivity contribution in [3.63, 3.8) is 0 Å². The van der Waals surface area contributed by atoms with Gasteiger partial charge < -0.3 is 14.2 Å². The van der Waals surface area contributed by atoms with Gasteiger partial charge in [-0.25, -0.2) is 4.39 Å². The third-order valence-corrected chi connectivity index (χ3v) is 4.61. The van der Waals surface area contributed by atoms with Crippen LogP contribution in [-0.4, -0.2) is 41.3 Å². The van der Waals surface area contributed by atoms with Gasteiger partial charge in [0, 0.05) is 12.6 Å². The smallest absolute Gasteiger partial charge is 0.276 e. The highest BCUT2D eigenvalue weighted by molar-refractivity contribution is 5.93. The molecule has 4 rings (SSSR count). The van der Waals surface area contributed by atoms with E-state index < -0.39 is 5.82 Å². The zero-order valence-electron chi connectivity index (χ0n) is 12.6. The maximum absolute atomic E-state index is 13.8. The quantitative estimate of drug-likeness (QED) is 0.855. The first-order valence-corrected chi connectivity index (χ1v) is 7.88. The van der Waals surface area contributed by atoms with Gasteiger partial charge in [0.1, 0.15) is 5.82 Å². The minimum absolute atomic E-state index is 0.116. The highest BCUT2D eigenvalue weighted by Crippen LogP contribution is 2.31. The fourth-order valence-corrected chi connectivity index (χ4v) is 3.49. The van der Waals surface area contributed by atoms with Gasteiger partial charge in [0.05, 0.1) is 24.3 Å². The van der Waals surface area contributed by atoms with Crippen molar-refractivity contribution in [1.82, 2.24) is 10.1 Å². The summed E-state index contributed by atoms with van der Waals surface area (Å²) in [4.78, 5) is 14.5. The topological polar surface area (TPSA) is 55.6 Å². The second kappa shape index (κ2) is 5.77. The molecule has 6 heteroatoms. The van der Waals surface area contributed by atoms with Crippen LogP contribution in [0.5, 0.6) is 0 Å². The van der Waals surface area contributed by atoms with Crippen LogP contribution < -0.4 is 0 Å². The molecule has 2 fully saturated rings. The van der Waals surface area contributed by atoms with Crippen LogP contribution in [0.2, 0.25) is 0 Å². The van der Waals surface area contributed by atoms with E-state index in [0.717, 1.165) is 19.3 Å². The Hall–Kier alpha value is -2.21. The number of rotatable bonds is 2. The average Bonchev–Trinajstić information content (AvgIpc) is 3.23. The molecule has 1 aliphatic carbocycles. The van der Waals surface area contributed by atoms with Crippen LogP contribution >= 0.6 is 0 Å². The molecule has 1 aromatic carbocycles. The third-order valence-electron chi connectivity index (χ3n) is 4.61. The molecular formula is C17H17FN2O3. The van der Waals surface area contributed by atoms with Gasteiger partial charge in [-0.05, 0) is 31.4 Å². The maximum Gasteiger partial charge on any atom is 0.276 e. The molecule has 1 saturated carbocycles. The fraction of sp³-hybridized carbons (Fsp3) is 0.412. The van der Waals surface area contributed by atoms with Gasteiger partial charge in [0.2, 0.25) is 0 Å². The van der Waals surface area contributed by atoms with Crippen molar-refractivity contribution in [2.75, 3.05) is 13.2 Å². The van der Waals surface area contributed by atoms with Crippen molar-refractivity contribution in [3.05, 3.63) is 41.8 Å². The van der Waals surface area contributed by atoms with Crippen molar-refractivity contribution in [1.29, 1.82) is 0 Å². The second-order valence-electron chi connectivity index (χ2n) is 5.96. The molecule has 0 radical (unpaired) electrons. The van der Waals surface area contributed by atoms with Crippen molar-refractivity contribution in [3.8, 4) is 11.3 Å². The minimum Gasteiger partial charge on any atom is -0.374 e. The summed E-state index contributed by atoms with van der Waals surface area (Å²) >= 11 is 0. The lowest BCUT2D eigenvalue weighted by atomic mass is 10.1. The van der Waals surface area contributed by atoms with E-state index in [1.165, 1.54) is 12.1 Å². The van der Waals surface area contributed by atoms with Crippen LogP contribution in [-0.2, 0) is 4.74 Å². The van der Waals surface area contributed by atoms with Crippen LogP contribution in [0.1, 0.15) is 29.8 Å². The molecule has 0 bridgehead atoms. The predicted octanol–water partition coefficient (Wildman–Crippen LogP) is 2.87. The van der Waals surface area contributed by atoms with Gasteiger partial charge in [-0.2, -0.15) is 0 Å². The molecular weight excluding hydrogens is 299 g/mol. The molecule has 0 unspecified atom stereocenters. The summed E-state index contributed by atoms with van der Waals surface area (Å²) in [6.07, 6.45) is 3.14. The van der Waals surface area contributed by atoms with Crippen molar-refractivity contribution < 1.29 is 18.4 Å². The predicted molar refractivity (Wildman–Crippen MR) is 80.3 cm³/mol. The average molecular weight is 316 g/mol. The van der Waals surface area contributed by atoms with E-state index in [1.54, 1.807) is 18.2 Å². The monoisotopic (exact) mass is 316 g/mol. The number of nitrogens with zero attached hydrogens (tertiary/aromatic N) is 2. The number of morpholine rings is 1. The number of hydrogen-bond acceptors (Lipinski definition) is 4. The van der Waals surface area contributed by atoms with Crippen molar-refractivity contribution in [2.45, 2.75) is 31.4 Å². The Kier molecular flexibility index (Phi) is 3.61. The fourth-order valence-electron chi connectivity index (χ4n) is 3.49. The van der Waals surface area contributed by atoms with E-state index in [4.69, 9.17) is 9.26 Å². The number of amides is 1. The number of aromatic nitrogens is 1. The summed E-state index contributed by atoms with van der Waals surface area (Å²) in [6, 6.07) is 7.91. The normalized spacial score (nSPS) is 23.8. The molecule has 5 nitrogen and oxygen atoms in total. The van der Waals surface area contributed by atoms with Gasteiger partial charge in [-0.1, -0.05) is 17.3 Å². The zero-order chi connectivity index (χ0) is 15.8. The van der Waals surface area contributed by atoms with Gasteiger partial charge >= 0.3 is 0 Å². The largest absolute Gasteiger partial charge is 0.374 e. The number of fused-ring (bicyclic) bond motifs is 1. The number of carbonyl (C=O) groups excluding carboxylic acids is 1. The molecule has 2 atom stereocenters. The number of ether oxygens (including phenoxy) is 1. The number of hydrogen-bond donors (Lipinski definition) is 0. The number of carbonyl (C=O) groups is 1. The van der Waals surface area contributed by atoms with E-state index in [-0.39, 0.29) is 29.5 Å². The summed E-state index contributed by atoms with van der Waals surface area (Å²) in [6.45, 7) is 1.10. The number of halogens is 1. The third kappa shape index (κ3) is 2.53. The van der Waals surface area contributed by atoms with Crippen molar-refractivity contribution in [2.24, 2.45) is 0 Å². The molecule has 1 saturated heterocycles. The summed E-state index contributed by atoms with van der Waals surface area (Å²) in [5.74, 6) is -0.302. The molecule has 1 aromatic heterocycles. The van der Waals surface area contributed by atoms with E-state index in [1.807, 2.05) is 4.90 Å². The molecule has 1 aliphatic heterocycles. The van der Waals surface area contributed by atoms with Gasteiger partial charge in [0.25, 0.3) is 5.91 Å². The molecule has 2 aliphatic rings. The van der Waals surface area contributed by atoms with Gasteiger partial charge in [-0.15, -0.1) is 0 Å². The first-order chi connectivity index (χ1) is 11.2. The van der Waals surface area contributed by atoms with E-state index in [0.29, 0.717) is 18.7 Å². The van der Waals surface area contributed by atoms with Crippen LogP contribution in [0.4, 0.5) is 4.39 Å². The van der Waals surface area contributed by atoms with Gasteiger partial charge in [-0.3, -0.25) is 4.79 Å². The lowest BCUT2D eigenvalue weighted by Gasteiger charge is -2.37. The van der Waals surface area contributed by atoms with Crippen LogP contribution in [0.25, 0.3) is 11.3 Å². The van der Waals surface area contributed by atoms with E-state index >= 15 is 0 Å². The molecule has 2 heterocycles. The molecule has 23 heavy (non-hydrogen) atoms. The van der Waals surface area contributed by atoms with Crippen LogP contribution in [0.3, 0.4) is 0 Å². The lowest BCUT2D eigenvalue weighted by molar-refractivity contribution is -0.0448. The highest BCUT2D eigenvalue weighted by Gasteiger charge is 2.39. The molecule has 0 spiro atoms. The Labute approximate surface area is 133 Å². The first kappa shape index (κ1) is 14.4. The van der Waals surface area contributed by atoms with Gasteiger partial charge in [0.15, 0.2) is 11.5 Å². The van der Waals surface area contributed by atoms with Crippen molar-refractivity contribution >= 4 is 5.91 Å². The molecule has 120 valence electrons. The highest BCUT2D eigenvalue weighted by atomic mass is 19.1. The summed E-state index contributed by atoms with van der Waals surface area (Å²) in [5, 5.41) is 3.85. The number of benzene rings is 1. The Morgan fingerprint density at radius 1 is 1.30 bits per heavy atom. The van der Waals surface area contributed by atoms with Crippen LogP contribution in [0, 0.1) is 5.82 Å². The Balaban J connectivity index is 1.59. The first-order valence-electron chi connectivity index (χ1n) is 7.88. The summed E-state index contributed by atoms with van der Waals surface area (Å²) < 4.78 is 24.7. The zero-order valence-corrected chi connectivity index (χ0v) is 12.6. The summed E-state index contributed by atoms with van der Waals surface area (Å²) in [7, 11) is 0. The minimum atomic E-state index is -0.398. The maximum atomic E-state index is 13.8. The molecule has 2 aromatic rings.